The van der Waals surface area contributed by atoms with E-state index in [1.54, 1.807) is 12.1 Å². The Morgan fingerprint density at radius 3 is 2.53 bits per heavy atom. The van der Waals surface area contributed by atoms with Crippen LogP contribution in [-0.4, -0.2) is 4.98 Å². The Bertz CT molecular complexity index is 464. The van der Waals surface area contributed by atoms with Crippen molar-refractivity contribution in [3.05, 3.63) is 41.5 Å². The van der Waals surface area contributed by atoms with Crippen LogP contribution in [0.1, 0.15) is 11.5 Å². The lowest BCUT2D eigenvalue weighted by Gasteiger charge is -1.93. The number of aromatic nitrogens is 1. The summed E-state index contributed by atoms with van der Waals surface area (Å²) in [6.45, 7) is 1.88. The predicted octanol–water partition coefficient (Wildman–Crippen LogP) is 3.72. The molecule has 0 amide bonds. The highest BCUT2D eigenvalue weighted by atomic mass is 127. The third kappa shape index (κ3) is 2.19. The van der Waals surface area contributed by atoms with Crippen molar-refractivity contribution in [3.63, 3.8) is 0 Å². The second-order valence-electron chi connectivity index (χ2n) is 3.16. The average Bonchev–Trinajstić information content (AvgIpc) is 2.61. The molecule has 4 heteroatoms. The normalized spacial score (nSPS) is 10.6. The van der Waals surface area contributed by atoms with E-state index in [0.717, 1.165) is 21.4 Å². The summed E-state index contributed by atoms with van der Waals surface area (Å²) in [5.74, 6) is 1.12. The fourth-order valence-electron chi connectivity index (χ4n) is 1.27. The van der Waals surface area contributed by atoms with Gasteiger partial charge >= 0.3 is 0 Å². The summed E-state index contributed by atoms with van der Waals surface area (Å²) in [7, 11) is 0. The molecule has 1 aromatic heterocycles. The maximum absolute atomic E-state index is 12.7. The molecule has 78 valence electrons. The first-order chi connectivity index (χ1) is 7.20. The van der Waals surface area contributed by atoms with Gasteiger partial charge in [-0.3, -0.25) is 0 Å². The van der Waals surface area contributed by atoms with Gasteiger partial charge in [-0.05, 0) is 31.2 Å². The van der Waals surface area contributed by atoms with Gasteiger partial charge in [0.05, 0.1) is 5.69 Å². The minimum Gasteiger partial charge on any atom is -0.441 e. The molecule has 0 radical (unpaired) electrons. The van der Waals surface area contributed by atoms with Crippen molar-refractivity contribution in [3.8, 4) is 11.5 Å². The van der Waals surface area contributed by atoms with Gasteiger partial charge in [-0.25, -0.2) is 9.37 Å². The molecule has 0 unspecified atom stereocenters. The highest BCUT2D eigenvalue weighted by Gasteiger charge is 2.09. The van der Waals surface area contributed by atoms with Gasteiger partial charge in [-0.15, -0.1) is 0 Å². The standard InChI is InChI=1S/C11H9FINO/c1-7-10(6-13)14-11(15-7)8-2-4-9(12)5-3-8/h2-5H,6H2,1H3. The lowest BCUT2D eigenvalue weighted by molar-refractivity contribution is 0.540. The molecule has 2 aromatic rings. The Kier molecular flexibility index (Phi) is 3.04. The van der Waals surface area contributed by atoms with Crippen LogP contribution < -0.4 is 0 Å². The molecule has 2 rings (SSSR count). The van der Waals surface area contributed by atoms with Gasteiger partial charge in [0, 0.05) is 9.99 Å². The highest BCUT2D eigenvalue weighted by molar-refractivity contribution is 14.1. The molecule has 2 nitrogen and oxygen atoms in total. The quantitative estimate of drug-likeness (QED) is 0.623. The molecule has 0 aliphatic carbocycles. The van der Waals surface area contributed by atoms with Gasteiger partial charge in [0.15, 0.2) is 0 Å². The van der Waals surface area contributed by atoms with Crippen LogP contribution in [0.4, 0.5) is 4.39 Å². The molecule has 0 atom stereocenters. The molecule has 1 heterocycles. The van der Waals surface area contributed by atoms with Crippen molar-refractivity contribution in [1.82, 2.24) is 4.98 Å². The Hall–Kier alpha value is -0.910. The summed E-state index contributed by atoms with van der Waals surface area (Å²) < 4.78 is 19.0. The lowest BCUT2D eigenvalue weighted by atomic mass is 10.2. The second-order valence-corrected chi connectivity index (χ2v) is 3.93. The monoisotopic (exact) mass is 317 g/mol. The van der Waals surface area contributed by atoms with E-state index in [1.165, 1.54) is 12.1 Å². The maximum Gasteiger partial charge on any atom is 0.226 e. The van der Waals surface area contributed by atoms with Crippen molar-refractivity contribution in [1.29, 1.82) is 0 Å². The summed E-state index contributed by atoms with van der Waals surface area (Å²) in [5, 5.41) is 0. The Morgan fingerprint density at radius 1 is 1.33 bits per heavy atom. The minimum absolute atomic E-state index is 0.254. The molecular formula is C11H9FINO. The van der Waals surface area contributed by atoms with Crippen molar-refractivity contribution in [2.75, 3.05) is 0 Å². The van der Waals surface area contributed by atoms with Gasteiger partial charge in [0.2, 0.25) is 5.89 Å². The summed E-state index contributed by atoms with van der Waals surface area (Å²) in [5.41, 5.74) is 1.74. The Balaban J connectivity index is 2.41. The van der Waals surface area contributed by atoms with Crippen LogP contribution in [0.5, 0.6) is 0 Å². The zero-order chi connectivity index (χ0) is 10.8. The first-order valence-electron chi connectivity index (χ1n) is 4.49. The van der Waals surface area contributed by atoms with Crippen LogP contribution in [0.25, 0.3) is 11.5 Å². The third-order valence-corrected chi connectivity index (χ3v) is 2.83. The number of aryl methyl sites for hydroxylation is 1. The first-order valence-corrected chi connectivity index (χ1v) is 6.01. The third-order valence-electron chi connectivity index (χ3n) is 2.11. The van der Waals surface area contributed by atoms with E-state index < -0.39 is 0 Å². The number of hydrogen-bond donors (Lipinski definition) is 0. The van der Waals surface area contributed by atoms with E-state index in [-0.39, 0.29) is 5.82 Å². The van der Waals surface area contributed by atoms with Crippen LogP contribution in [-0.2, 0) is 4.43 Å². The molecule has 0 aliphatic rings. The Labute approximate surface area is 101 Å². The van der Waals surface area contributed by atoms with Crippen molar-refractivity contribution < 1.29 is 8.81 Å². The minimum atomic E-state index is -0.254. The zero-order valence-electron chi connectivity index (χ0n) is 8.13. The molecule has 1 aromatic carbocycles. The topological polar surface area (TPSA) is 26.0 Å². The molecule has 0 spiro atoms. The van der Waals surface area contributed by atoms with Crippen LogP contribution in [0, 0.1) is 12.7 Å². The number of benzene rings is 1. The highest BCUT2D eigenvalue weighted by Crippen LogP contribution is 2.22. The van der Waals surface area contributed by atoms with E-state index in [9.17, 15) is 4.39 Å². The SMILES string of the molecule is Cc1oc(-c2ccc(F)cc2)nc1CI. The zero-order valence-corrected chi connectivity index (χ0v) is 10.3. The molecular weight excluding hydrogens is 308 g/mol. The fraction of sp³-hybridized carbons (Fsp3) is 0.182. The van der Waals surface area contributed by atoms with Gasteiger partial charge in [0.25, 0.3) is 0 Å². The van der Waals surface area contributed by atoms with E-state index in [1.807, 2.05) is 6.92 Å². The van der Waals surface area contributed by atoms with E-state index in [4.69, 9.17) is 4.42 Å². The molecule has 15 heavy (non-hydrogen) atoms. The van der Waals surface area contributed by atoms with Gasteiger partial charge in [-0.1, -0.05) is 22.6 Å². The van der Waals surface area contributed by atoms with Crippen LogP contribution in [0.15, 0.2) is 28.7 Å². The number of rotatable bonds is 2. The number of halogens is 2. The number of alkyl halides is 1. The summed E-state index contributed by atoms with van der Waals surface area (Å²) in [4.78, 5) is 4.33. The van der Waals surface area contributed by atoms with Crippen LogP contribution >= 0.6 is 22.6 Å². The van der Waals surface area contributed by atoms with Gasteiger partial charge < -0.3 is 4.42 Å². The molecule has 0 aliphatic heterocycles. The molecule has 0 N–H and O–H groups in total. The van der Waals surface area contributed by atoms with E-state index in [0.29, 0.717) is 5.89 Å². The average molecular weight is 317 g/mol. The second kappa shape index (κ2) is 4.30. The van der Waals surface area contributed by atoms with E-state index in [2.05, 4.69) is 27.6 Å². The van der Waals surface area contributed by atoms with E-state index >= 15 is 0 Å². The number of hydrogen-bond acceptors (Lipinski definition) is 2. The number of oxazole rings is 1. The molecule has 0 fully saturated rings. The maximum atomic E-state index is 12.7. The molecule has 0 bridgehead atoms. The summed E-state index contributed by atoms with van der Waals surface area (Å²) in [6.07, 6.45) is 0. The Morgan fingerprint density at radius 2 is 2.00 bits per heavy atom. The van der Waals surface area contributed by atoms with Gasteiger partial charge in [-0.2, -0.15) is 0 Å². The summed E-state index contributed by atoms with van der Waals surface area (Å²) in [6, 6.07) is 6.13. The van der Waals surface area contributed by atoms with Gasteiger partial charge in [0.1, 0.15) is 11.6 Å². The molecule has 0 saturated carbocycles. The smallest absolute Gasteiger partial charge is 0.226 e. The van der Waals surface area contributed by atoms with Crippen LogP contribution in [0.2, 0.25) is 0 Å². The fourth-order valence-corrected chi connectivity index (χ4v) is 1.98. The summed E-state index contributed by atoms with van der Waals surface area (Å²) >= 11 is 2.23. The molecule has 0 saturated heterocycles. The van der Waals surface area contributed by atoms with Crippen molar-refractivity contribution in [2.45, 2.75) is 11.4 Å². The van der Waals surface area contributed by atoms with Crippen LogP contribution in [0.3, 0.4) is 0 Å². The van der Waals surface area contributed by atoms with Crippen molar-refractivity contribution >= 4 is 22.6 Å². The first kappa shape index (κ1) is 10.6. The predicted molar refractivity (Wildman–Crippen MR) is 64.4 cm³/mol. The van der Waals surface area contributed by atoms with Crippen molar-refractivity contribution in [2.24, 2.45) is 0 Å². The lowest BCUT2D eigenvalue weighted by Crippen LogP contribution is -1.81. The largest absolute Gasteiger partial charge is 0.441 e. The number of nitrogens with zero attached hydrogens (tertiary/aromatic N) is 1.